The molecule has 0 saturated carbocycles. The van der Waals surface area contributed by atoms with Crippen LogP contribution in [-0.2, 0) is 9.53 Å². The Balaban J connectivity index is 2.30. The number of esters is 1. The Kier molecular flexibility index (Phi) is 6.46. The molecular weight excluding hydrogens is 381 g/mol. The second-order valence-corrected chi connectivity index (χ2v) is 11.3. The van der Waals surface area contributed by atoms with E-state index in [2.05, 4.69) is 30.4 Å². The Morgan fingerprint density at radius 3 is 2.03 bits per heavy atom. The van der Waals surface area contributed by atoms with Crippen molar-refractivity contribution < 1.29 is 14.6 Å². The average molecular weight is 406 g/mol. The number of hydrogen-bond donors (Lipinski definition) is 1. The summed E-state index contributed by atoms with van der Waals surface area (Å²) < 4.78 is 5.13. The van der Waals surface area contributed by atoms with Crippen molar-refractivity contribution in [3.8, 4) is 0 Å². The van der Waals surface area contributed by atoms with Gasteiger partial charge in [0, 0.05) is 18.0 Å². The largest absolute Gasteiger partial charge is 0.507 e. The van der Waals surface area contributed by atoms with E-state index in [0.29, 0.717) is 5.56 Å². The molecule has 5 heteroatoms. The molecule has 2 aromatic carbocycles. The van der Waals surface area contributed by atoms with E-state index in [1.165, 1.54) is 7.11 Å². The molecule has 3 rings (SSSR count). The summed E-state index contributed by atoms with van der Waals surface area (Å²) in [5.74, 6) is -0.603. The second-order valence-electron chi connectivity index (χ2n) is 7.18. The number of carbonyl (C=O) groups excluding carboxylic acids is 1. The molecule has 1 heterocycles. The van der Waals surface area contributed by atoms with E-state index in [9.17, 15) is 9.90 Å². The lowest BCUT2D eigenvalue weighted by Gasteiger charge is -2.30. The van der Waals surface area contributed by atoms with Crippen LogP contribution in [0, 0.1) is 0 Å². The highest BCUT2D eigenvalue weighted by Crippen LogP contribution is 2.66. The van der Waals surface area contributed by atoms with Crippen LogP contribution in [0.1, 0.15) is 16.8 Å². The number of aliphatic hydroxyl groups excluding tert-OH is 1. The summed E-state index contributed by atoms with van der Waals surface area (Å²) in [5.41, 5.74) is 1.45. The van der Waals surface area contributed by atoms with E-state index in [4.69, 9.17) is 4.74 Å². The summed E-state index contributed by atoms with van der Waals surface area (Å²) in [4.78, 5) is 17.0. The highest BCUT2D eigenvalue weighted by Gasteiger charge is 2.46. The predicted molar refractivity (Wildman–Crippen MR) is 120 cm³/mol. The molecule has 0 bridgehead atoms. The van der Waals surface area contributed by atoms with E-state index >= 15 is 0 Å². The minimum absolute atomic E-state index is 0.0721. The molecule has 0 amide bonds. The van der Waals surface area contributed by atoms with E-state index in [1.54, 1.807) is 24.5 Å². The van der Waals surface area contributed by atoms with Crippen molar-refractivity contribution in [2.75, 3.05) is 20.4 Å². The summed E-state index contributed by atoms with van der Waals surface area (Å²) in [7, 11) is -0.613. The first-order valence-electron chi connectivity index (χ1n) is 9.33. The van der Waals surface area contributed by atoms with E-state index in [1.807, 2.05) is 48.5 Å². The molecule has 0 aliphatic carbocycles. The van der Waals surface area contributed by atoms with Crippen LogP contribution < -0.4 is 5.30 Å². The lowest BCUT2D eigenvalue weighted by Crippen LogP contribution is -2.23. The maximum absolute atomic E-state index is 13.0. The van der Waals surface area contributed by atoms with Crippen molar-refractivity contribution in [2.45, 2.75) is 5.66 Å². The number of aliphatic hydroxyl groups is 1. The number of rotatable bonds is 6. The van der Waals surface area contributed by atoms with Crippen LogP contribution in [0.25, 0.3) is 5.76 Å². The zero-order valence-electron chi connectivity index (χ0n) is 16.8. The van der Waals surface area contributed by atoms with Gasteiger partial charge in [-0.3, -0.25) is 4.98 Å². The highest BCUT2D eigenvalue weighted by molar-refractivity contribution is 7.82. The molecule has 0 unspecified atom stereocenters. The van der Waals surface area contributed by atoms with Gasteiger partial charge in [0.15, 0.2) is 0 Å². The molecule has 1 atom stereocenters. The molecule has 0 aliphatic heterocycles. The van der Waals surface area contributed by atoms with Gasteiger partial charge in [-0.1, -0.05) is 48.5 Å². The minimum atomic E-state index is -1.96. The molecular formula is C24H25NO3P+. The summed E-state index contributed by atoms with van der Waals surface area (Å²) in [6.45, 7) is 4.37. The fraction of sp³-hybridized carbons (Fsp3) is 0.167. The number of methoxy groups -OCH3 is 1. The van der Waals surface area contributed by atoms with Gasteiger partial charge < -0.3 is 9.84 Å². The predicted octanol–water partition coefficient (Wildman–Crippen LogP) is 4.87. The molecule has 0 aliphatic rings. The van der Waals surface area contributed by atoms with Gasteiger partial charge in [0.1, 0.15) is 17.0 Å². The van der Waals surface area contributed by atoms with Gasteiger partial charge in [-0.15, -0.1) is 0 Å². The topological polar surface area (TPSA) is 59.4 Å². The van der Waals surface area contributed by atoms with E-state index < -0.39 is 13.2 Å². The zero-order valence-corrected chi connectivity index (χ0v) is 17.7. The fourth-order valence-electron chi connectivity index (χ4n) is 3.57. The van der Waals surface area contributed by atoms with Crippen molar-refractivity contribution >= 4 is 24.3 Å². The fourth-order valence-corrected chi connectivity index (χ4v) is 6.60. The summed E-state index contributed by atoms with van der Waals surface area (Å²) in [6, 6.07) is 23.4. The van der Waals surface area contributed by atoms with Crippen LogP contribution in [0.5, 0.6) is 0 Å². The third kappa shape index (κ3) is 4.38. The first-order valence-corrected chi connectivity index (χ1v) is 12.1. The van der Waals surface area contributed by atoms with Gasteiger partial charge in [0.25, 0.3) is 0 Å². The van der Waals surface area contributed by atoms with Crippen molar-refractivity contribution in [1.29, 1.82) is 0 Å². The van der Waals surface area contributed by atoms with Gasteiger partial charge in [0.05, 0.1) is 33.0 Å². The molecule has 0 radical (unpaired) electrons. The zero-order chi connectivity index (χ0) is 20.9. The molecule has 3 aromatic rings. The highest BCUT2D eigenvalue weighted by atomic mass is 31.2. The Morgan fingerprint density at radius 1 is 0.931 bits per heavy atom. The molecule has 0 saturated heterocycles. The van der Waals surface area contributed by atoms with Gasteiger partial charge in [0.2, 0.25) is 0 Å². The number of aromatic nitrogens is 1. The lowest BCUT2D eigenvalue weighted by molar-refractivity contribution is -0.136. The molecule has 4 nitrogen and oxygen atoms in total. The average Bonchev–Trinajstić information content (AvgIpc) is 2.78. The van der Waals surface area contributed by atoms with Crippen LogP contribution in [0.4, 0.5) is 0 Å². The van der Waals surface area contributed by atoms with E-state index in [-0.39, 0.29) is 17.0 Å². The van der Waals surface area contributed by atoms with Crippen LogP contribution >= 0.6 is 7.26 Å². The minimum Gasteiger partial charge on any atom is -0.507 e. The van der Waals surface area contributed by atoms with E-state index in [0.717, 1.165) is 10.9 Å². The number of hydrogen-bond acceptors (Lipinski definition) is 4. The summed E-state index contributed by atoms with van der Waals surface area (Å²) in [6.07, 6.45) is 3.19. The number of nitrogens with zero attached hydrogens (tertiary/aromatic N) is 1. The first-order chi connectivity index (χ1) is 14.0. The van der Waals surface area contributed by atoms with Crippen molar-refractivity contribution in [2.24, 2.45) is 0 Å². The monoisotopic (exact) mass is 406 g/mol. The number of pyridine rings is 1. The van der Waals surface area contributed by atoms with Crippen LogP contribution in [0.2, 0.25) is 0 Å². The molecule has 148 valence electrons. The summed E-state index contributed by atoms with van der Waals surface area (Å²) in [5, 5.41) is 12.4. The van der Waals surface area contributed by atoms with Crippen molar-refractivity contribution in [3.05, 3.63) is 102 Å². The third-order valence-electron chi connectivity index (χ3n) is 5.07. The Bertz CT molecular complexity index is 986. The smallest absolute Gasteiger partial charge is 0.341 e. The van der Waals surface area contributed by atoms with Crippen molar-refractivity contribution in [1.82, 2.24) is 4.98 Å². The Morgan fingerprint density at radius 2 is 1.48 bits per heavy atom. The lowest BCUT2D eigenvalue weighted by atomic mass is 10.0. The summed E-state index contributed by atoms with van der Waals surface area (Å²) >= 11 is 0. The van der Waals surface area contributed by atoms with Gasteiger partial charge in [-0.25, -0.2) is 4.79 Å². The maximum Gasteiger partial charge on any atom is 0.341 e. The number of ether oxygens (including phenoxy) is 1. The van der Waals surface area contributed by atoms with Crippen LogP contribution in [0.3, 0.4) is 0 Å². The Hall–Kier alpha value is -2.97. The molecule has 1 aromatic heterocycles. The molecule has 1 N–H and O–H groups in total. The normalized spacial score (nSPS) is 13.3. The second kappa shape index (κ2) is 9.02. The van der Waals surface area contributed by atoms with Gasteiger partial charge >= 0.3 is 5.97 Å². The van der Waals surface area contributed by atoms with Crippen molar-refractivity contribution in [3.63, 3.8) is 0 Å². The number of benzene rings is 2. The first kappa shape index (κ1) is 20.8. The van der Waals surface area contributed by atoms with Gasteiger partial charge in [-0.05, 0) is 29.8 Å². The third-order valence-corrected chi connectivity index (χ3v) is 8.55. The van der Waals surface area contributed by atoms with Crippen LogP contribution in [0.15, 0.2) is 90.8 Å². The van der Waals surface area contributed by atoms with Crippen LogP contribution in [-0.4, -0.2) is 36.5 Å². The quantitative estimate of drug-likeness (QED) is 0.275. The molecule has 29 heavy (non-hydrogen) atoms. The number of carbonyl (C=O) groups is 1. The maximum atomic E-state index is 13.0. The van der Waals surface area contributed by atoms with Gasteiger partial charge in [-0.2, -0.15) is 0 Å². The molecule has 0 fully saturated rings. The molecule has 0 spiro atoms. The standard InChI is InChI=1S/C24H24NO3P/c1-28-24(27)21(22(26)18-14-16-25-17-15-18)23(19-10-6-4-7-11-19)29(2,3)20-12-8-5-9-13-20/h4-17,23H,1-3H3/p+1/t23-/m1/s1. The SMILES string of the molecule is COC(=O)/C(=C(/O)c1ccncc1)[C@@H](c1ccccc1)[P+](C)(C)c1ccccc1. The Labute approximate surface area is 172 Å².